The molecule has 1 atom stereocenters. The summed E-state index contributed by atoms with van der Waals surface area (Å²) in [7, 11) is 2.11. The van der Waals surface area contributed by atoms with Crippen LogP contribution in [0.4, 0.5) is 5.69 Å². The summed E-state index contributed by atoms with van der Waals surface area (Å²) in [6, 6.07) is 15.4. The highest BCUT2D eigenvalue weighted by Crippen LogP contribution is 2.44. The van der Waals surface area contributed by atoms with Gasteiger partial charge in [-0.3, -0.25) is 4.79 Å². The number of nitrogens with zero attached hydrogens (tertiary/aromatic N) is 3. The second-order valence-electron chi connectivity index (χ2n) is 8.75. The third kappa shape index (κ3) is 4.23. The molecule has 0 radical (unpaired) electrons. The Kier molecular flexibility index (Phi) is 5.63. The lowest BCUT2D eigenvalue weighted by Gasteiger charge is -2.45. The molecule has 1 aliphatic heterocycles. The molecular weight excluding hydrogens is 408 g/mol. The molecule has 3 aromatic rings. The van der Waals surface area contributed by atoms with Gasteiger partial charge in [0.1, 0.15) is 0 Å². The SMILES string of the molecule is CC1CC(C)(C)N(C)c2cc(Cl)c(/C=N/NC(=O)c3ccc(-n4cccc4)cc3)cc21. The van der Waals surface area contributed by atoms with Gasteiger partial charge in [0.05, 0.1) is 11.2 Å². The van der Waals surface area contributed by atoms with Crippen molar-refractivity contribution in [1.29, 1.82) is 0 Å². The molecule has 2 aromatic carbocycles. The Bertz CT molecular complexity index is 1120. The molecule has 1 aliphatic rings. The third-order valence-electron chi connectivity index (χ3n) is 6.15. The normalized spacial score (nSPS) is 17.6. The summed E-state index contributed by atoms with van der Waals surface area (Å²) in [4.78, 5) is 14.7. The fourth-order valence-corrected chi connectivity index (χ4v) is 4.43. The maximum atomic E-state index is 12.4. The average Bonchev–Trinajstić information content (AvgIpc) is 3.27. The Morgan fingerprint density at radius 3 is 2.55 bits per heavy atom. The zero-order valence-corrected chi connectivity index (χ0v) is 19.0. The number of aromatic nitrogens is 1. The summed E-state index contributed by atoms with van der Waals surface area (Å²) < 4.78 is 1.98. The molecule has 0 fully saturated rings. The van der Waals surface area contributed by atoms with Crippen LogP contribution in [0.2, 0.25) is 5.02 Å². The molecule has 160 valence electrons. The fourth-order valence-electron chi connectivity index (χ4n) is 4.22. The Hall–Kier alpha value is -3.05. The van der Waals surface area contributed by atoms with Crippen LogP contribution in [0.3, 0.4) is 0 Å². The molecule has 0 aliphatic carbocycles. The number of fused-ring (bicyclic) bond motifs is 1. The number of hydrogen-bond donors (Lipinski definition) is 1. The van der Waals surface area contributed by atoms with E-state index >= 15 is 0 Å². The van der Waals surface area contributed by atoms with Crippen molar-refractivity contribution in [2.75, 3.05) is 11.9 Å². The van der Waals surface area contributed by atoms with Crippen LogP contribution < -0.4 is 10.3 Å². The minimum Gasteiger partial charge on any atom is -0.369 e. The number of hydrazone groups is 1. The Balaban J connectivity index is 1.48. The molecule has 6 heteroatoms. The van der Waals surface area contributed by atoms with Crippen molar-refractivity contribution >= 4 is 29.4 Å². The standard InChI is InChI=1S/C25H27ClN4O/c1-17-15-25(2,3)29(4)23-14-22(26)19(13-21(17)23)16-27-28-24(31)18-7-9-20(10-8-18)30-11-5-6-12-30/h5-14,16-17H,15H2,1-4H3,(H,28,31)/b27-16+. The maximum absolute atomic E-state index is 12.4. The van der Waals surface area contributed by atoms with Crippen molar-refractivity contribution in [2.45, 2.75) is 38.6 Å². The van der Waals surface area contributed by atoms with Crippen LogP contribution in [0.15, 0.2) is 66.0 Å². The van der Waals surface area contributed by atoms with E-state index in [2.05, 4.69) is 49.3 Å². The van der Waals surface area contributed by atoms with Crippen LogP contribution >= 0.6 is 11.6 Å². The number of halogens is 1. The number of carbonyl (C=O) groups excluding carboxylic acids is 1. The van der Waals surface area contributed by atoms with E-state index in [1.807, 2.05) is 47.3 Å². The van der Waals surface area contributed by atoms with E-state index in [1.165, 1.54) is 5.56 Å². The van der Waals surface area contributed by atoms with Gasteiger partial charge in [0, 0.05) is 47.5 Å². The van der Waals surface area contributed by atoms with Crippen LogP contribution in [0.1, 0.15) is 54.6 Å². The van der Waals surface area contributed by atoms with Crippen LogP contribution in [-0.2, 0) is 0 Å². The highest BCUT2D eigenvalue weighted by atomic mass is 35.5. The number of amides is 1. The summed E-state index contributed by atoms with van der Waals surface area (Å²) in [6.07, 6.45) is 6.59. The van der Waals surface area contributed by atoms with Crippen molar-refractivity contribution in [3.63, 3.8) is 0 Å². The van der Waals surface area contributed by atoms with Gasteiger partial charge in [-0.25, -0.2) is 5.43 Å². The van der Waals surface area contributed by atoms with Crippen molar-refractivity contribution < 1.29 is 4.79 Å². The second-order valence-corrected chi connectivity index (χ2v) is 9.15. The summed E-state index contributed by atoms with van der Waals surface area (Å²) in [5.74, 6) is 0.151. The number of nitrogens with one attached hydrogen (secondary N) is 1. The van der Waals surface area contributed by atoms with Crippen molar-refractivity contribution in [3.05, 3.63) is 82.6 Å². The molecular formula is C25H27ClN4O. The number of carbonyl (C=O) groups is 1. The number of benzene rings is 2. The number of hydrogen-bond acceptors (Lipinski definition) is 3. The highest BCUT2D eigenvalue weighted by Gasteiger charge is 2.34. The summed E-state index contributed by atoms with van der Waals surface area (Å²) in [5, 5.41) is 4.76. The summed E-state index contributed by atoms with van der Waals surface area (Å²) in [5.41, 5.74) is 7.41. The first-order valence-corrected chi connectivity index (χ1v) is 10.8. The fraction of sp³-hybridized carbons (Fsp3) is 0.280. The number of anilines is 1. The van der Waals surface area contributed by atoms with E-state index in [0.29, 0.717) is 16.5 Å². The smallest absolute Gasteiger partial charge is 0.271 e. The quantitative estimate of drug-likeness (QED) is 0.428. The predicted octanol–water partition coefficient (Wildman–Crippen LogP) is 5.62. The minimum absolute atomic E-state index is 0.0796. The average molecular weight is 435 g/mol. The largest absolute Gasteiger partial charge is 0.369 e. The molecule has 31 heavy (non-hydrogen) atoms. The molecule has 4 rings (SSSR count). The van der Waals surface area contributed by atoms with E-state index in [-0.39, 0.29) is 11.4 Å². The molecule has 1 aromatic heterocycles. The first-order chi connectivity index (χ1) is 14.8. The monoisotopic (exact) mass is 434 g/mol. The molecule has 0 bridgehead atoms. The first kappa shape index (κ1) is 21.2. The van der Waals surface area contributed by atoms with E-state index < -0.39 is 0 Å². The van der Waals surface area contributed by atoms with Crippen LogP contribution in [0.25, 0.3) is 5.69 Å². The zero-order chi connectivity index (χ0) is 22.2. The highest BCUT2D eigenvalue weighted by molar-refractivity contribution is 6.33. The Morgan fingerprint density at radius 2 is 1.87 bits per heavy atom. The minimum atomic E-state index is -0.265. The van der Waals surface area contributed by atoms with Gasteiger partial charge < -0.3 is 9.47 Å². The van der Waals surface area contributed by atoms with Gasteiger partial charge in [-0.1, -0.05) is 18.5 Å². The lowest BCUT2D eigenvalue weighted by atomic mass is 9.80. The van der Waals surface area contributed by atoms with E-state index in [9.17, 15) is 4.79 Å². The van der Waals surface area contributed by atoms with Gasteiger partial charge >= 0.3 is 0 Å². The van der Waals surface area contributed by atoms with Crippen LogP contribution in [0.5, 0.6) is 0 Å². The van der Waals surface area contributed by atoms with E-state index in [1.54, 1.807) is 18.3 Å². The molecule has 2 heterocycles. The molecule has 1 amide bonds. The van der Waals surface area contributed by atoms with Gasteiger partial charge in [0.25, 0.3) is 5.91 Å². The van der Waals surface area contributed by atoms with Gasteiger partial charge in [0.15, 0.2) is 0 Å². The van der Waals surface area contributed by atoms with Gasteiger partial charge in [-0.05, 0) is 80.3 Å². The molecule has 5 nitrogen and oxygen atoms in total. The predicted molar refractivity (Wildman–Crippen MR) is 128 cm³/mol. The number of rotatable bonds is 4. The van der Waals surface area contributed by atoms with Crippen LogP contribution in [0, 0.1) is 0 Å². The molecule has 0 saturated carbocycles. The van der Waals surface area contributed by atoms with Crippen molar-refractivity contribution in [1.82, 2.24) is 9.99 Å². The topological polar surface area (TPSA) is 49.6 Å². The molecule has 0 saturated heterocycles. The van der Waals surface area contributed by atoms with E-state index in [4.69, 9.17) is 11.6 Å². The first-order valence-electron chi connectivity index (χ1n) is 10.4. The summed E-state index contributed by atoms with van der Waals surface area (Å²) >= 11 is 6.53. The zero-order valence-electron chi connectivity index (χ0n) is 18.3. The molecule has 0 spiro atoms. The molecule has 1 N–H and O–H groups in total. The lowest BCUT2D eigenvalue weighted by molar-refractivity contribution is 0.0955. The molecule has 1 unspecified atom stereocenters. The Labute approximate surface area is 188 Å². The lowest BCUT2D eigenvalue weighted by Crippen LogP contribution is -2.45. The van der Waals surface area contributed by atoms with Crippen LogP contribution in [-0.4, -0.2) is 29.3 Å². The van der Waals surface area contributed by atoms with Gasteiger partial charge in [0.2, 0.25) is 0 Å². The third-order valence-corrected chi connectivity index (χ3v) is 6.48. The second kappa shape index (κ2) is 8.23. The maximum Gasteiger partial charge on any atom is 0.271 e. The van der Waals surface area contributed by atoms with Gasteiger partial charge in [-0.2, -0.15) is 5.10 Å². The Morgan fingerprint density at radius 1 is 1.19 bits per heavy atom. The van der Waals surface area contributed by atoms with Crippen molar-refractivity contribution in [2.24, 2.45) is 5.10 Å². The van der Waals surface area contributed by atoms with Crippen molar-refractivity contribution in [3.8, 4) is 5.69 Å². The summed E-state index contributed by atoms with van der Waals surface area (Å²) in [6.45, 7) is 6.73. The van der Waals surface area contributed by atoms with E-state index in [0.717, 1.165) is 23.4 Å². The van der Waals surface area contributed by atoms with Gasteiger partial charge in [-0.15, -0.1) is 0 Å².